The Kier molecular flexibility index (Phi) is 6.04. The second-order valence-electron chi connectivity index (χ2n) is 5.04. The Labute approximate surface area is 144 Å². The molecule has 1 amide bonds. The van der Waals surface area contributed by atoms with E-state index < -0.39 is 24.0 Å². The minimum absolute atomic E-state index is 0.0368. The number of hydrogen-bond donors (Lipinski definition) is 1. The molecule has 23 heavy (non-hydrogen) atoms. The third-order valence-corrected chi connectivity index (χ3v) is 4.44. The molecule has 0 unspecified atom stereocenters. The van der Waals surface area contributed by atoms with Gasteiger partial charge in [0.05, 0.1) is 11.6 Å². The van der Waals surface area contributed by atoms with Crippen LogP contribution < -0.4 is 0 Å². The Morgan fingerprint density at radius 1 is 1.35 bits per heavy atom. The van der Waals surface area contributed by atoms with Gasteiger partial charge in [0, 0.05) is 6.54 Å². The number of esters is 1. The summed E-state index contributed by atoms with van der Waals surface area (Å²) >= 11 is 12.0. The first kappa shape index (κ1) is 17.8. The molecule has 0 saturated heterocycles. The van der Waals surface area contributed by atoms with Crippen LogP contribution in [-0.4, -0.2) is 47.2 Å². The van der Waals surface area contributed by atoms with Crippen molar-refractivity contribution in [3.05, 3.63) is 46.0 Å². The Balaban J connectivity index is 2.15. The van der Waals surface area contributed by atoms with E-state index in [4.69, 9.17) is 27.9 Å². The van der Waals surface area contributed by atoms with Crippen molar-refractivity contribution in [3.8, 4) is 0 Å². The molecular formula is C16H17Cl2NO4. The van der Waals surface area contributed by atoms with E-state index in [-0.39, 0.29) is 23.2 Å². The number of carbonyl (C=O) groups excluding carboxylic acids is 2. The van der Waals surface area contributed by atoms with Crippen LogP contribution in [0.2, 0.25) is 0 Å². The molecule has 1 N–H and O–H groups in total. The summed E-state index contributed by atoms with van der Waals surface area (Å²) in [5, 5.41) is 9.97. The Morgan fingerprint density at radius 2 is 2.00 bits per heavy atom. The normalized spacial score (nSPS) is 19.2. The number of halogens is 2. The van der Waals surface area contributed by atoms with Crippen molar-refractivity contribution < 1.29 is 19.4 Å². The van der Waals surface area contributed by atoms with Gasteiger partial charge in [-0.1, -0.05) is 53.5 Å². The molecule has 1 aliphatic rings. The highest BCUT2D eigenvalue weighted by atomic mass is 35.5. The summed E-state index contributed by atoms with van der Waals surface area (Å²) in [6.07, 6.45) is -1.02. The molecule has 7 heteroatoms. The first-order valence-corrected chi connectivity index (χ1v) is 7.97. The van der Waals surface area contributed by atoms with Gasteiger partial charge in [0.15, 0.2) is 6.10 Å². The van der Waals surface area contributed by atoms with Crippen LogP contribution in [0.3, 0.4) is 0 Å². The lowest BCUT2D eigenvalue weighted by atomic mass is 10.1. The molecule has 0 bridgehead atoms. The number of aliphatic hydroxyl groups excluding tert-OH is 1. The van der Waals surface area contributed by atoms with Gasteiger partial charge in [0.1, 0.15) is 11.1 Å². The average Bonchev–Trinajstić information content (AvgIpc) is 2.77. The van der Waals surface area contributed by atoms with Crippen molar-refractivity contribution in [1.82, 2.24) is 4.90 Å². The number of carbonyl (C=O) groups is 2. The van der Waals surface area contributed by atoms with Gasteiger partial charge < -0.3 is 14.7 Å². The van der Waals surface area contributed by atoms with Crippen molar-refractivity contribution >= 4 is 35.1 Å². The van der Waals surface area contributed by atoms with Crippen molar-refractivity contribution in [3.63, 3.8) is 0 Å². The first-order valence-electron chi connectivity index (χ1n) is 7.22. The zero-order valence-electron chi connectivity index (χ0n) is 12.5. The van der Waals surface area contributed by atoms with Gasteiger partial charge in [-0.2, -0.15) is 0 Å². The van der Waals surface area contributed by atoms with E-state index in [1.807, 2.05) is 30.3 Å². The number of ether oxygens (including phenoxy) is 1. The number of rotatable bonds is 6. The van der Waals surface area contributed by atoms with Crippen LogP contribution in [0.4, 0.5) is 0 Å². The molecule has 1 aromatic carbocycles. The highest BCUT2D eigenvalue weighted by molar-refractivity contribution is 6.49. The van der Waals surface area contributed by atoms with Gasteiger partial charge in [-0.25, -0.2) is 4.79 Å². The smallest absolute Gasteiger partial charge is 0.337 e. The van der Waals surface area contributed by atoms with Crippen molar-refractivity contribution in [2.24, 2.45) is 0 Å². The zero-order valence-corrected chi connectivity index (χ0v) is 14.0. The minimum atomic E-state index is -1.57. The van der Waals surface area contributed by atoms with Crippen LogP contribution in [0.25, 0.3) is 0 Å². The quantitative estimate of drug-likeness (QED) is 0.791. The predicted molar refractivity (Wildman–Crippen MR) is 87.0 cm³/mol. The maximum atomic E-state index is 12.2. The van der Waals surface area contributed by atoms with Gasteiger partial charge in [0.2, 0.25) is 0 Å². The number of nitrogens with zero attached hydrogens (tertiary/aromatic N) is 1. The summed E-state index contributed by atoms with van der Waals surface area (Å²) in [5.74, 6) is -1.33. The van der Waals surface area contributed by atoms with E-state index in [0.29, 0.717) is 6.42 Å². The Morgan fingerprint density at radius 3 is 2.61 bits per heavy atom. The number of amides is 1. The lowest BCUT2D eigenvalue weighted by molar-refractivity contribution is -0.156. The maximum Gasteiger partial charge on any atom is 0.337 e. The second kappa shape index (κ2) is 7.81. The average molecular weight is 358 g/mol. The molecule has 0 aromatic heterocycles. The monoisotopic (exact) mass is 357 g/mol. The van der Waals surface area contributed by atoms with Gasteiger partial charge in [-0.3, -0.25) is 4.79 Å². The third kappa shape index (κ3) is 3.86. The number of aliphatic hydroxyl groups is 1. The molecule has 124 valence electrons. The highest BCUT2D eigenvalue weighted by Crippen LogP contribution is 2.33. The van der Waals surface area contributed by atoms with Gasteiger partial charge in [0.25, 0.3) is 5.91 Å². The lowest BCUT2D eigenvalue weighted by Gasteiger charge is -2.28. The minimum Gasteiger partial charge on any atom is -0.464 e. The topological polar surface area (TPSA) is 66.8 Å². The first-order chi connectivity index (χ1) is 11.0. The van der Waals surface area contributed by atoms with E-state index in [1.54, 1.807) is 6.92 Å². The molecule has 1 aliphatic heterocycles. The largest absolute Gasteiger partial charge is 0.464 e. The van der Waals surface area contributed by atoms with Gasteiger partial charge in [-0.05, 0) is 18.9 Å². The van der Waals surface area contributed by atoms with Crippen LogP contribution in [0.5, 0.6) is 0 Å². The predicted octanol–water partition coefficient (Wildman–Crippen LogP) is 2.05. The maximum absolute atomic E-state index is 12.2. The van der Waals surface area contributed by atoms with Crippen LogP contribution in [-0.2, 0) is 20.7 Å². The highest BCUT2D eigenvalue weighted by Gasteiger charge is 2.44. The fourth-order valence-electron chi connectivity index (χ4n) is 2.42. The van der Waals surface area contributed by atoms with Gasteiger partial charge in [-0.15, -0.1) is 0 Å². The molecule has 1 heterocycles. The molecule has 0 spiro atoms. The molecule has 2 atom stereocenters. The van der Waals surface area contributed by atoms with E-state index in [0.717, 1.165) is 5.56 Å². The van der Waals surface area contributed by atoms with Crippen LogP contribution in [0.15, 0.2) is 40.4 Å². The van der Waals surface area contributed by atoms with E-state index in [2.05, 4.69) is 0 Å². The van der Waals surface area contributed by atoms with Crippen molar-refractivity contribution in [1.29, 1.82) is 0 Å². The summed E-state index contributed by atoms with van der Waals surface area (Å²) in [6.45, 7) is 2.02. The van der Waals surface area contributed by atoms with Crippen LogP contribution >= 0.6 is 23.2 Å². The van der Waals surface area contributed by atoms with Crippen molar-refractivity contribution in [2.45, 2.75) is 25.5 Å². The van der Waals surface area contributed by atoms with Crippen molar-refractivity contribution in [2.75, 3.05) is 13.2 Å². The summed E-state index contributed by atoms with van der Waals surface area (Å²) in [7, 11) is 0. The Bertz CT molecular complexity index is 618. The molecular weight excluding hydrogens is 341 g/mol. The fraction of sp³-hybridized carbons (Fsp3) is 0.375. The molecule has 2 rings (SSSR count). The van der Waals surface area contributed by atoms with Crippen LogP contribution in [0, 0.1) is 0 Å². The molecule has 0 aliphatic carbocycles. The lowest BCUT2D eigenvalue weighted by Crippen LogP contribution is -2.47. The standard InChI is InChI=1S/C16H17Cl2NO4/c1-2-23-16(22)14(20)13-11(17)12(18)15(21)19(13)9-8-10-6-4-3-5-7-10/h3-7,13-14,20H,2,8-9H2,1H3/t13-,14+/m0/s1. The molecule has 0 radical (unpaired) electrons. The zero-order chi connectivity index (χ0) is 17.0. The molecule has 1 aromatic rings. The molecule has 0 saturated carbocycles. The van der Waals surface area contributed by atoms with E-state index >= 15 is 0 Å². The van der Waals surface area contributed by atoms with Crippen LogP contribution in [0.1, 0.15) is 12.5 Å². The number of benzene rings is 1. The third-order valence-electron chi connectivity index (χ3n) is 3.57. The number of hydrogen-bond acceptors (Lipinski definition) is 4. The summed E-state index contributed by atoms with van der Waals surface area (Å²) in [6, 6.07) is 8.52. The molecule has 0 fully saturated rings. The fourth-order valence-corrected chi connectivity index (χ4v) is 2.96. The van der Waals surface area contributed by atoms with Gasteiger partial charge >= 0.3 is 5.97 Å². The Hall–Kier alpha value is -1.56. The van der Waals surface area contributed by atoms with E-state index in [1.165, 1.54) is 4.90 Å². The SMILES string of the molecule is CCOC(=O)[C@H](O)[C@@H]1C(Cl)=C(Cl)C(=O)N1CCc1ccccc1. The van der Waals surface area contributed by atoms with E-state index in [9.17, 15) is 14.7 Å². The summed E-state index contributed by atoms with van der Waals surface area (Å²) < 4.78 is 4.79. The summed E-state index contributed by atoms with van der Waals surface area (Å²) in [5.41, 5.74) is 1.02. The summed E-state index contributed by atoms with van der Waals surface area (Å²) in [4.78, 5) is 25.3. The second-order valence-corrected chi connectivity index (χ2v) is 5.82. The molecule has 5 nitrogen and oxygen atoms in total.